The van der Waals surface area contributed by atoms with Crippen molar-refractivity contribution < 1.29 is 21.6 Å². The average Bonchev–Trinajstić information content (AvgIpc) is 3.17. The molecule has 2 heterocycles. The molecule has 0 aliphatic rings. The molecule has 0 fully saturated rings. The topological polar surface area (TPSA) is 88.4 Å². The Morgan fingerprint density at radius 1 is 1.06 bits per heavy atom. The van der Waals surface area contributed by atoms with Crippen LogP contribution in [0.1, 0.15) is 5.56 Å². The maximum atomic E-state index is 12.7. The molecule has 0 bridgehead atoms. The summed E-state index contributed by atoms with van der Waals surface area (Å²) in [4.78, 5) is 4.25. The van der Waals surface area contributed by atoms with Gasteiger partial charge in [0, 0.05) is 35.9 Å². The number of hydrogen-bond acceptors (Lipinski definition) is 5. The van der Waals surface area contributed by atoms with Crippen LogP contribution < -0.4 is 15.5 Å². The molecule has 0 atom stereocenters. The van der Waals surface area contributed by atoms with Crippen LogP contribution in [-0.2, 0) is 16.2 Å². The zero-order valence-corrected chi connectivity index (χ0v) is 18.9. The number of nitrogens with one attached hydrogen (secondary N) is 2. The van der Waals surface area contributed by atoms with Crippen molar-refractivity contribution in [2.75, 3.05) is 18.4 Å². The molecule has 0 unspecified atom stereocenters. The number of anilines is 1. The van der Waals surface area contributed by atoms with E-state index in [2.05, 4.69) is 20.1 Å². The van der Waals surface area contributed by atoms with E-state index in [4.69, 9.17) is 19.4 Å². The molecule has 174 valence electrons. The van der Waals surface area contributed by atoms with Gasteiger partial charge in [-0.3, -0.25) is 0 Å². The quantitative estimate of drug-likeness (QED) is 0.297. The minimum Gasteiger partial charge on any atom is -0.369 e. The first kappa shape index (κ1) is 24.1. The summed E-state index contributed by atoms with van der Waals surface area (Å²) in [6.45, 7) is 0.0893. The Hall–Kier alpha value is -3.09. The Morgan fingerprint density at radius 3 is 2.44 bits per heavy atom. The van der Waals surface area contributed by atoms with E-state index in [1.165, 1.54) is 10.7 Å². The predicted octanol–water partition coefficient (Wildman–Crippen LogP) is 3.25. The third-order valence-electron chi connectivity index (χ3n) is 4.86. The maximum Gasteiger partial charge on any atom is 0.416 e. The van der Waals surface area contributed by atoms with Gasteiger partial charge in [0.1, 0.15) is 13.7 Å². The summed E-state index contributed by atoms with van der Waals surface area (Å²) < 4.78 is 66.7. The van der Waals surface area contributed by atoms with Crippen LogP contribution in [0.15, 0.2) is 65.7 Å². The first-order chi connectivity index (χ1) is 16.1. The lowest BCUT2D eigenvalue weighted by atomic mass is 10.0. The summed E-state index contributed by atoms with van der Waals surface area (Å²) in [5, 5.41) is 7.74. The highest BCUT2D eigenvalue weighted by molar-refractivity contribution is 7.89. The minimum absolute atomic E-state index is 0.0502. The zero-order valence-electron chi connectivity index (χ0n) is 17.3. The van der Waals surface area contributed by atoms with E-state index in [-0.39, 0.29) is 18.0 Å². The van der Waals surface area contributed by atoms with Gasteiger partial charge in [-0.15, -0.1) is 0 Å². The second-order valence-corrected chi connectivity index (χ2v) is 9.36. The van der Waals surface area contributed by atoms with E-state index in [0.717, 1.165) is 24.3 Å². The molecule has 4 rings (SSSR count). The summed E-state index contributed by atoms with van der Waals surface area (Å²) in [7, 11) is 1.97. The second-order valence-electron chi connectivity index (χ2n) is 7.19. The first-order valence-electron chi connectivity index (χ1n) is 9.86. The van der Waals surface area contributed by atoms with E-state index < -0.39 is 21.8 Å². The predicted molar refractivity (Wildman–Crippen MR) is 124 cm³/mol. The van der Waals surface area contributed by atoms with Crippen LogP contribution in [0.2, 0.25) is 5.02 Å². The number of rotatable bonds is 7. The van der Waals surface area contributed by atoms with Gasteiger partial charge in [0.15, 0.2) is 5.65 Å². The molecular weight excluding hydrogens is 490 g/mol. The monoisotopic (exact) mass is 505 g/mol. The minimum atomic E-state index is -4.55. The van der Waals surface area contributed by atoms with Gasteiger partial charge in [-0.1, -0.05) is 29.8 Å². The third kappa shape index (κ3) is 5.03. The Bertz CT molecular complexity index is 1440. The molecule has 2 radical (unpaired) electrons. The highest BCUT2D eigenvalue weighted by Crippen LogP contribution is 2.30. The number of hydrogen-bond donors (Lipinski definition) is 2. The van der Waals surface area contributed by atoms with E-state index in [1.807, 2.05) is 6.07 Å². The van der Waals surface area contributed by atoms with Crippen molar-refractivity contribution in [1.82, 2.24) is 19.3 Å². The Labute approximate surface area is 199 Å². The van der Waals surface area contributed by atoms with Crippen molar-refractivity contribution in [3.8, 4) is 11.3 Å². The van der Waals surface area contributed by atoms with Gasteiger partial charge in [0.25, 0.3) is 0 Å². The highest BCUT2D eigenvalue weighted by Gasteiger charge is 2.30. The largest absolute Gasteiger partial charge is 0.416 e. The molecule has 2 aromatic heterocycles. The number of nitrogens with zero attached hydrogens (tertiary/aromatic N) is 3. The van der Waals surface area contributed by atoms with Gasteiger partial charge in [0.2, 0.25) is 10.0 Å². The normalized spacial score (nSPS) is 12.2. The summed E-state index contributed by atoms with van der Waals surface area (Å²) in [6.07, 6.45) is -3.11. The van der Waals surface area contributed by atoms with Crippen LogP contribution in [0.4, 0.5) is 19.0 Å². The standard InChI is InChI=1S/C21H16BClF3N5O2S/c22-16-12-28-31-19(11-18(30-20(16)31)15-3-1-2-4-17(15)23)27-9-10-29-34(32,33)14-7-5-13(6-8-14)21(24,25)26/h1-8,11-12,27,29H,9-10H2. The third-order valence-corrected chi connectivity index (χ3v) is 6.67. The van der Waals surface area contributed by atoms with Gasteiger partial charge >= 0.3 is 6.18 Å². The molecular formula is C21H16BClF3N5O2S. The van der Waals surface area contributed by atoms with Crippen molar-refractivity contribution in [2.45, 2.75) is 11.1 Å². The Balaban J connectivity index is 1.49. The maximum absolute atomic E-state index is 12.7. The van der Waals surface area contributed by atoms with Gasteiger partial charge < -0.3 is 5.32 Å². The van der Waals surface area contributed by atoms with Crippen molar-refractivity contribution in [3.63, 3.8) is 0 Å². The summed E-state index contributed by atoms with van der Waals surface area (Å²) in [5.74, 6) is 0.491. The molecule has 13 heteroatoms. The summed E-state index contributed by atoms with van der Waals surface area (Å²) >= 11 is 6.29. The highest BCUT2D eigenvalue weighted by atomic mass is 35.5. The Kier molecular flexibility index (Phi) is 6.56. The van der Waals surface area contributed by atoms with Gasteiger partial charge in [0.05, 0.1) is 16.2 Å². The van der Waals surface area contributed by atoms with Crippen molar-refractivity contribution >= 4 is 46.4 Å². The fourth-order valence-electron chi connectivity index (χ4n) is 3.20. The molecule has 2 aromatic carbocycles. The number of halogens is 4. The molecule has 0 saturated heterocycles. The fourth-order valence-corrected chi connectivity index (χ4v) is 4.46. The van der Waals surface area contributed by atoms with Crippen LogP contribution in [0.25, 0.3) is 16.9 Å². The Morgan fingerprint density at radius 2 is 1.76 bits per heavy atom. The molecule has 4 aromatic rings. The van der Waals surface area contributed by atoms with Crippen LogP contribution >= 0.6 is 11.6 Å². The molecule has 0 aliphatic carbocycles. The smallest absolute Gasteiger partial charge is 0.369 e. The van der Waals surface area contributed by atoms with Crippen LogP contribution in [0.5, 0.6) is 0 Å². The average molecular weight is 506 g/mol. The van der Waals surface area contributed by atoms with Crippen molar-refractivity contribution in [1.29, 1.82) is 0 Å². The van der Waals surface area contributed by atoms with Crippen LogP contribution in [0.3, 0.4) is 0 Å². The van der Waals surface area contributed by atoms with E-state index in [0.29, 0.717) is 33.2 Å². The molecule has 34 heavy (non-hydrogen) atoms. The van der Waals surface area contributed by atoms with Crippen molar-refractivity contribution in [2.24, 2.45) is 0 Å². The summed E-state index contributed by atoms with van der Waals surface area (Å²) in [6, 6.07) is 12.1. The summed E-state index contributed by atoms with van der Waals surface area (Å²) in [5.41, 5.74) is 1.03. The SMILES string of the molecule is [B]c1cnn2c(NCCNS(=O)(=O)c3ccc(C(F)(F)F)cc3)cc(-c3ccccc3Cl)nc12. The van der Waals surface area contributed by atoms with Gasteiger partial charge in [-0.25, -0.2) is 18.1 Å². The number of benzene rings is 2. The van der Waals surface area contributed by atoms with E-state index in [1.54, 1.807) is 24.3 Å². The molecule has 0 saturated carbocycles. The number of sulfonamides is 1. The molecule has 0 aliphatic heterocycles. The van der Waals surface area contributed by atoms with Crippen LogP contribution in [0, 0.1) is 0 Å². The van der Waals surface area contributed by atoms with Crippen LogP contribution in [-0.4, -0.2) is 44.0 Å². The van der Waals surface area contributed by atoms with Gasteiger partial charge in [-0.05, 0) is 35.8 Å². The number of alkyl halides is 3. The van der Waals surface area contributed by atoms with Crippen molar-refractivity contribution in [3.05, 3.63) is 71.4 Å². The first-order valence-corrected chi connectivity index (χ1v) is 11.7. The number of aromatic nitrogens is 3. The van der Waals surface area contributed by atoms with E-state index >= 15 is 0 Å². The lowest BCUT2D eigenvalue weighted by Gasteiger charge is -2.13. The number of fused-ring (bicyclic) bond motifs is 1. The molecule has 0 spiro atoms. The molecule has 2 N–H and O–H groups in total. The molecule has 7 nitrogen and oxygen atoms in total. The molecule has 0 amide bonds. The van der Waals surface area contributed by atoms with Gasteiger partial charge in [-0.2, -0.15) is 22.8 Å². The lowest BCUT2D eigenvalue weighted by molar-refractivity contribution is -0.137. The van der Waals surface area contributed by atoms with E-state index in [9.17, 15) is 21.6 Å². The fraction of sp³-hybridized carbons (Fsp3) is 0.143. The zero-order chi connectivity index (χ0) is 24.5. The second kappa shape index (κ2) is 9.28. The lowest BCUT2D eigenvalue weighted by Crippen LogP contribution is -2.29.